The Kier molecular flexibility index (Phi) is 2.82. The molecule has 4 nitrogen and oxygen atoms in total. The van der Waals surface area contributed by atoms with Crippen LogP contribution in [0.15, 0.2) is 33.7 Å². The Morgan fingerprint density at radius 1 is 1.35 bits per heavy atom. The fourth-order valence-electron chi connectivity index (χ4n) is 3.58. The predicted molar refractivity (Wildman–Crippen MR) is 85.1 cm³/mol. The van der Waals surface area contributed by atoms with Crippen LogP contribution in [0.2, 0.25) is 0 Å². The number of aliphatic imine (C=N–C) groups is 1. The minimum atomic E-state index is 0.0769. The second kappa shape index (κ2) is 4.46. The number of hydrogen-bond acceptors (Lipinski definition) is 4. The average molecular weight is 335 g/mol. The van der Waals surface area contributed by atoms with E-state index in [4.69, 9.17) is 5.73 Å². The topological polar surface area (TPSA) is 44.9 Å². The number of likely N-dealkylation sites (tertiary alicyclic amines) is 1. The van der Waals surface area contributed by atoms with E-state index >= 15 is 0 Å². The molecule has 2 aliphatic heterocycles. The van der Waals surface area contributed by atoms with Gasteiger partial charge in [0.25, 0.3) is 0 Å². The van der Waals surface area contributed by atoms with Gasteiger partial charge in [0.2, 0.25) is 0 Å². The first-order chi connectivity index (χ1) is 9.68. The molecule has 1 saturated carbocycles. The van der Waals surface area contributed by atoms with Gasteiger partial charge in [-0.25, -0.2) is 0 Å². The monoisotopic (exact) mass is 334 g/mol. The van der Waals surface area contributed by atoms with Gasteiger partial charge in [0, 0.05) is 29.3 Å². The molecule has 0 radical (unpaired) electrons. The normalized spacial score (nSPS) is 30.2. The van der Waals surface area contributed by atoms with Gasteiger partial charge < -0.3 is 10.6 Å². The van der Waals surface area contributed by atoms with Crippen molar-refractivity contribution in [2.75, 3.05) is 24.5 Å². The second-order valence-corrected chi connectivity index (χ2v) is 7.08. The largest absolute Gasteiger partial charge is 0.369 e. The van der Waals surface area contributed by atoms with Crippen LogP contribution in [0.4, 0.5) is 5.69 Å². The minimum absolute atomic E-state index is 0.0769. The lowest BCUT2D eigenvalue weighted by atomic mass is 9.97. The van der Waals surface area contributed by atoms with Crippen molar-refractivity contribution < 1.29 is 0 Å². The van der Waals surface area contributed by atoms with Crippen LogP contribution in [0, 0.1) is 0 Å². The highest BCUT2D eigenvalue weighted by Gasteiger charge is 2.50. The summed E-state index contributed by atoms with van der Waals surface area (Å²) in [5, 5.41) is 0. The van der Waals surface area contributed by atoms with E-state index in [9.17, 15) is 0 Å². The quantitative estimate of drug-likeness (QED) is 0.901. The zero-order valence-electron chi connectivity index (χ0n) is 11.4. The van der Waals surface area contributed by atoms with Gasteiger partial charge in [0.1, 0.15) is 0 Å². The molecule has 4 rings (SSSR count). The van der Waals surface area contributed by atoms with Crippen LogP contribution in [0.25, 0.3) is 0 Å². The molecule has 1 unspecified atom stereocenters. The van der Waals surface area contributed by atoms with Crippen molar-refractivity contribution in [3.8, 4) is 0 Å². The molecule has 0 amide bonds. The molecule has 0 bridgehead atoms. The van der Waals surface area contributed by atoms with E-state index in [0.29, 0.717) is 5.96 Å². The molecule has 3 aliphatic rings. The molecule has 1 aromatic carbocycles. The number of rotatable bonds is 2. The van der Waals surface area contributed by atoms with Crippen LogP contribution >= 0.6 is 15.9 Å². The molecule has 1 saturated heterocycles. The van der Waals surface area contributed by atoms with Crippen molar-refractivity contribution in [2.45, 2.75) is 30.8 Å². The molecule has 1 spiro atoms. The Balaban J connectivity index is 1.66. The number of hydrogen-bond donors (Lipinski definition) is 1. The minimum Gasteiger partial charge on any atom is -0.369 e. The van der Waals surface area contributed by atoms with Crippen LogP contribution in [-0.2, 0) is 0 Å². The molecule has 20 heavy (non-hydrogen) atoms. The lowest BCUT2D eigenvalue weighted by Crippen LogP contribution is -2.53. The Morgan fingerprint density at radius 2 is 2.20 bits per heavy atom. The molecule has 5 heteroatoms. The van der Waals surface area contributed by atoms with Gasteiger partial charge in [-0.1, -0.05) is 22.0 Å². The fraction of sp³-hybridized carbons (Fsp3) is 0.533. The third-order valence-corrected chi connectivity index (χ3v) is 5.22. The molecular weight excluding hydrogens is 316 g/mol. The van der Waals surface area contributed by atoms with Crippen molar-refractivity contribution >= 4 is 27.6 Å². The molecule has 1 aliphatic carbocycles. The van der Waals surface area contributed by atoms with E-state index in [1.54, 1.807) is 0 Å². The van der Waals surface area contributed by atoms with Crippen molar-refractivity contribution in [2.24, 2.45) is 10.7 Å². The SMILES string of the molecule is NC1=NCC2(CCN(C3CC3)C2)N1c1cccc(Br)c1. The van der Waals surface area contributed by atoms with Crippen LogP contribution in [-0.4, -0.2) is 42.1 Å². The maximum atomic E-state index is 6.19. The average Bonchev–Trinajstić information content (AvgIpc) is 3.12. The lowest BCUT2D eigenvalue weighted by molar-refractivity contribution is 0.306. The van der Waals surface area contributed by atoms with Crippen LogP contribution < -0.4 is 10.6 Å². The summed E-state index contributed by atoms with van der Waals surface area (Å²) in [6.07, 6.45) is 3.88. The van der Waals surface area contributed by atoms with E-state index in [1.807, 2.05) is 6.07 Å². The Bertz CT molecular complexity index is 569. The van der Waals surface area contributed by atoms with E-state index in [1.165, 1.54) is 19.4 Å². The van der Waals surface area contributed by atoms with E-state index in [0.717, 1.165) is 35.7 Å². The van der Waals surface area contributed by atoms with Crippen LogP contribution in [0.5, 0.6) is 0 Å². The van der Waals surface area contributed by atoms with E-state index in [2.05, 4.69) is 48.9 Å². The molecule has 2 fully saturated rings. The number of anilines is 1. The number of benzene rings is 1. The third-order valence-electron chi connectivity index (χ3n) is 4.73. The summed E-state index contributed by atoms with van der Waals surface area (Å²) in [4.78, 5) is 9.44. The van der Waals surface area contributed by atoms with Crippen molar-refractivity contribution in [1.82, 2.24) is 4.90 Å². The predicted octanol–water partition coefficient (Wildman–Crippen LogP) is 2.19. The molecular formula is C15H19BrN4. The Morgan fingerprint density at radius 3 is 2.95 bits per heavy atom. The molecule has 1 atom stereocenters. The summed E-state index contributed by atoms with van der Waals surface area (Å²) in [6, 6.07) is 9.19. The van der Waals surface area contributed by atoms with Crippen LogP contribution in [0.1, 0.15) is 19.3 Å². The highest BCUT2D eigenvalue weighted by Crippen LogP contribution is 2.40. The van der Waals surface area contributed by atoms with Gasteiger partial charge >= 0.3 is 0 Å². The first kappa shape index (κ1) is 12.7. The van der Waals surface area contributed by atoms with Gasteiger partial charge in [-0.2, -0.15) is 0 Å². The molecule has 2 heterocycles. The summed E-state index contributed by atoms with van der Waals surface area (Å²) in [5.41, 5.74) is 7.42. The summed E-state index contributed by atoms with van der Waals surface area (Å²) in [6.45, 7) is 3.10. The molecule has 0 aromatic heterocycles. The summed E-state index contributed by atoms with van der Waals surface area (Å²) >= 11 is 3.55. The zero-order valence-corrected chi connectivity index (χ0v) is 13.0. The molecule has 1 aromatic rings. The second-order valence-electron chi connectivity index (χ2n) is 6.17. The zero-order chi connectivity index (χ0) is 13.7. The highest BCUT2D eigenvalue weighted by molar-refractivity contribution is 9.10. The number of halogens is 1. The standard InChI is InChI=1S/C15H19BrN4/c16-11-2-1-3-13(8-11)20-14(17)18-9-15(20)6-7-19(10-15)12-4-5-12/h1-3,8,12H,4-7,9-10H2,(H2,17,18). The highest BCUT2D eigenvalue weighted by atomic mass is 79.9. The molecule has 2 N–H and O–H groups in total. The molecule has 106 valence electrons. The first-order valence-electron chi connectivity index (χ1n) is 7.28. The maximum absolute atomic E-state index is 6.19. The summed E-state index contributed by atoms with van der Waals surface area (Å²) < 4.78 is 1.09. The van der Waals surface area contributed by atoms with Crippen molar-refractivity contribution in [3.05, 3.63) is 28.7 Å². The smallest absolute Gasteiger partial charge is 0.196 e. The lowest BCUT2D eigenvalue weighted by Gasteiger charge is -2.36. The van der Waals surface area contributed by atoms with E-state index in [-0.39, 0.29) is 5.54 Å². The maximum Gasteiger partial charge on any atom is 0.196 e. The summed E-state index contributed by atoms with van der Waals surface area (Å²) in [5.74, 6) is 0.667. The third kappa shape index (κ3) is 1.95. The Labute approximate surface area is 127 Å². The van der Waals surface area contributed by atoms with Gasteiger partial charge in [0.05, 0.1) is 12.1 Å². The van der Waals surface area contributed by atoms with Gasteiger partial charge in [0.15, 0.2) is 5.96 Å². The van der Waals surface area contributed by atoms with Gasteiger partial charge in [-0.15, -0.1) is 0 Å². The Hall–Kier alpha value is -1.07. The van der Waals surface area contributed by atoms with Gasteiger partial charge in [-0.05, 0) is 37.5 Å². The van der Waals surface area contributed by atoms with Gasteiger partial charge in [-0.3, -0.25) is 9.89 Å². The number of guanidine groups is 1. The fourth-order valence-corrected chi connectivity index (χ4v) is 3.97. The summed E-state index contributed by atoms with van der Waals surface area (Å²) in [7, 11) is 0. The number of nitrogens with zero attached hydrogens (tertiary/aromatic N) is 3. The van der Waals surface area contributed by atoms with Crippen molar-refractivity contribution in [3.63, 3.8) is 0 Å². The van der Waals surface area contributed by atoms with E-state index < -0.39 is 0 Å². The van der Waals surface area contributed by atoms with Crippen molar-refractivity contribution in [1.29, 1.82) is 0 Å². The number of nitrogens with two attached hydrogens (primary N) is 1. The van der Waals surface area contributed by atoms with Crippen LogP contribution in [0.3, 0.4) is 0 Å². The first-order valence-corrected chi connectivity index (χ1v) is 8.07.